The van der Waals surface area contributed by atoms with Crippen molar-refractivity contribution in [3.8, 4) is 0 Å². The predicted molar refractivity (Wildman–Crippen MR) is 75.5 cm³/mol. The summed E-state index contributed by atoms with van der Waals surface area (Å²) in [7, 11) is 0. The van der Waals surface area contributed by atoms with Crippen molar-refractivity contribution in [2.75, 3.05) is 6.54 Å². The lowest BCUT2D eigenvalue weighted by molar-refractivity contribution is 0.431. The minimum Gasteiger partial charge on any atom is -0.452 e. The zero-order chi connectivity index (χ0) is 13.0. The monoisotopic (exact) mass is 308 g/mol. The molecule has 0 saturated heterocycles. The lowest BCUT2D eigenvalue weighted by Crippen LogP contribution is -2.23. The molecule has 96 valence electrons. The molecule has 0 bridgehead atoms. The highest BCUT2D eigenvalue weighted by Crippen LogP contribution is 2.27. The number of rotatable bonds is 5. The molecule has 0 saturated carbocycles. The molecule has 2 aromatic rings. The number of nitrogens with zero attached hydrogens (tertiary/aromatic N) is 1. The molecular formula is C14H17BrN2O. The van der Waals surface area contributed by atoms with Crippen LogP contribution in [0.3, 0.4) is 0 Å². The van der Waals surface area contributed by atoms with Crippen LogP contribution in [0, 0.1) is 6.92 Å². The van der Waals surface area contributed by atoms with Crippen molar-refractivity contribution in [2.45, 2.75) is 26.3 Å². The van der Waals surface area contributed by atoms with Gasteiger partial charge in [0.2, 0.25) is 0 Å². The summed E-state index contributed by atoms with van der Waals surface area (Å²) in [5.74, 6) is 0.909. The molecule has 0 aliphatic rings. The van der Waals surface area contributed by atoms with E-state index in [0.717, 1.165) is 29.0 Å². The molecule has 4 heteroatoms. The molecule has 0 radical (unpaired) electrons. The molecule has 2 aromatic heterocycles. The van der Waals surface area contributed by atoms with Crippen LogP contribution in [0.1, 0.15) is 36.3 Å². The molecule has 0 spiro atoms. The fraction of sp³-hybridized carbons (Fsp3) is 0.357. The molecule has 2 rings (SSSR count). The SMILES string of the molecule is CCCNC(c1ccc(Br)o1)c1cnccc1C. The number of aryl methyl sites for hydroxylation is 1. The molecule has 0 aromatic carbocycles. The number of furan rings is 1. The van der Waals surface area contributed by atoms with Crippen LogP contribution in [0.4, 0.5) is 0 Å². The van der Waals surface area contributed by atoms with Crippen molar-refractivity contribution < 1.29 is 4.42 Å². The van der Waals surface area contributed by atoms with Gasteiger partial charge >= 0.3 is 0 Å². The van der Waals surface area contributed by atoms with Gasteiger partial charge in [-0.2, -0.15) is 0 Å². The highest BCUT2D eigenvalue weighted by Gasteiger charge is 2.18. The van der Waals surface area contributed by atoms with E-state index in [9.17, 15) is 0 Å². The molecule has 0 aliphatic carbocycles. The summed E-state index contributed by atoms with van der Waals surface area (Å²) >= 11 is 3.35. The zero-order valence-corrected chi connectivity index (χ0v) is 12.2. The van der Waals surface area contributed by atoms with Gasteiger partial charge in [-0.05, 0) is 65.1 Å². The second kappa shape index (κ2) is 6.16. The summed E-state index contributed by atoms with van der Waals surface area (Å²) in [6.45, 7) is 5.19. The van der Waals surface area contributed by atoms with Gasteiger partial charge in [0.1, 0.15) is 5.76 Å². The first-order chi connectivity index (χ1) is 8.72. The molecule has 1 unspecified atom stereocenters. The van der Waals surface area contributed by atoms with Crippen LogP contribution in [0.25, 0.3) is 0 Å². The molecule has 18 heavy (non-hydrogen) atoms. The quantitative estimate of drug-likeness (QED) is 0.912. The van der Waals surface area contributed by atoms with Crippen LogP contribution < -0.4 is 5.32 Å². The van der Waals surface area contributed by atoms with Gasteiger partial charge in [0.25, 0.3) is 0 Å². The van der Waals surface area contributed by atoms with Gasteiger partial charge in [0, 0.05) is 12.4 Å². The van der Waals surface area contributed by atoms with Gasteiger partial charge in [-0.1, -0.05) is 6.92 Å². The standard InChI is InChI=1S/C14H17BrN2O/c1-3-7-17-14(12-4-5-13(15)18-12)11-9-16-8-6-10(11)2/h4-6,8-9,14,17H,3,7H2,1-2H3. The molecule has 0 fully saturated rings. The Hall–Kier alpha value is -1.13. The van der Waals surface area contributed by atoms with Gasteiger partial charge in [0.15, 0.2) is 4.67 Å². The normalized spacial score (nSPS) is 12.6. The van der Waals surface area contributed by atoms with Gasteiger partial charge < -0.3 is 9.73 Å². The van der Waals surface area contributed by atoms with E-state index in [2.05, 4.69) is 40.1 Å². The first kappa shape index (κ1) is 13.3. The summed E-state index contributed by atoms with van der Waals surface area (Å²) < 4.78 is 6.43. The summed E-state index contributed by atoms with van der Waals surface area (Å²) in [5, 5.41) is 3.50. The molecule has 2 heterocycles. The molecule has 1 atom stereocenters. The van der Waals surface area contributed by atoms with E-state index in [1.54, 1.807) is 0 Å². The van der Waals surface area contributed by atoms with E-state index in [1.807, 2.05) is 30.6 Å². The summed E-state index contributed by atoms with van der Waals surface area (Å²) in [6.07, 6.45) is 4.80. The Bertz CT molecular complexity index is 510. The summed E-state index contributed by atoms with van der Waals surface area (Å²) in [4.78, 5) is 4.21. The maximum Gasteiger partial charge on any atom is 0.169 e. The second-order valence-electron chi connectivity index (χ2n) is 4.26. The maximum atomic E-state index is 5.68. The van der Waals surface area contributed by atoms with Crippen LogP contribution in [-0.4, -0.2) is 11.5 Å². The molecule has 1 N–H and O–H groups in total. The number of hydrogen-bond acceptors (Lipinski definition) is 3. The highest BCUT2D eigenvalue weighted by molar-refractivity contribution is 9.10. The first-order valence-electron chi connectivity index (χ1n) is 6.11. The van der Waals surface area contributed by atoms with Gasteiger partial charge in [0.05, 0.1) is 6.04 Å². The Morgan fingerprint density at radius 3 is 2.83 bits per heavy atom. The predicted octanol–water partition coefficient (Wildman–Crippen LogP) is 3.83. The minimum atomic E-state index is 0.0601. The van der Waals surface area contributed by atoms with Crippen molar-refractivity contribution in [1.82, 2.24) is 10.3 Å². The van der Waals surface area contributed by atoms with E-state index in [0.29, 0.717) is 0 Å². The Morgan fingerprint density at radius 2 is 2.22 bits per heavy atom. The average Bonchev–Trinajstić information content (AvgIpc) is 2.78. The summed E-state index contributed by atoms with van der Waals surface area (Å²) in [5.41, 5.74) is 2.37. The topological polar surface area (TPSA) is 38.1 Å². The number of hydrogen-bond donors (Lipinski definition) is 1. The van der Waals surface area contributed by atoms with E-state index in [1.165, 1.54) is 5.56 Å². The third-order valence-corrected chi connectivity index (χ3v) is 3.29. The fourth-order valence-corrected chi connectivity index (χ4v) is 2.23. The number of nitrogens with one attached hydrogen (secondary N) is 1. The van der Waals surface area contributed by atoms with Crippen molar-refractivity contribution in [3.63, 3.8) is 0 Å². The molecular weight excluding hydrogens is 292 g/mol. The van der Waals surface area contributed by atoms with Crippen LogP contribution in [0.15, 0.2) is 39.7 Å². The van der Waals surface area contributed by atoms with Crippen LogP contribution in [0.5, 0.6) is 0 Å². The fourth-order valence-electron chi connectivity index (χ4n) is 1.91. The largest absolute Gasteiger partial charge is 0.452 e. The highest BCUT2D eigenvalue weighted by atomic mass is 79.9. The Morgan fingerprint density at radius 1 is 1.39 bits per heavy atom. The van der Waals surface area contributed by atoms with E-state index in [-0.39, 0.29) is 6.04 Å². The van der Waals surface area contributed by atoms with Crippen LogP contribution >= 0.6 is 15.9 Å². The maximum absolute atomic E-state index is 5.68. The third-order valence-electron chi connectivity index (χ3n) is 2.87. The summed E-state index contributed by atoms with van der Waals surface area (Å²) in [6, 6.07) is 5.99. The first-order valence-corrected chi connectivity index (χ1v) is 6.90. The van der Waals surface area contributed by atoms with E-state index < -0.39 is 0 Å². The van der Waals surface area contributed by atoms with Gasteiger partial charge in [-0.3, -0.25) is 4.98 Å². The van der Waals surface area contributed by atoms with Gasteiger partial charge in [-0.25, -0.2) is 0 Å². The average molecular weight is 309 g/mol. The lowest BCUT2D eigenvalue weighted by atomic mass is 10.0. The molecule has 0 aliphatic heterocycles. The zero-order valence-electron chi connectivity index (χ0n) is 10.6. The number of halogens is 1. The van der Waals surface area contributed by atoms with Crippen molar-refractivity contribution in [1.29, 1.82) is 0 Å². The van der Waals surface area contributed by atoms with Gasteiger partial charge in [-0.15, -0.1) is 0 Å². The Labute approximate surface area is 116 Å². The van der Waals surface area contributed by atoms with Crippen molar-refractivity contribution in [3.05, 3.63) is 52.1 Å². The van der Waals surface area contributed by atoms with Crippen molar-refractivity contribution >= 4 is 15.9 Å². The Balaban J connectivity index is 2.33. The van der Waals surface area contributed by atoms with Crippen molar-refractivity contribution in [2.24, 2.45) is 0 Å². The second-order valence-corrected chi connectivity index (χ2v) is 5.04. The van der Waals surface area contributed by atoms with E-state index in [4.69, 9.17) is 4.42 Å². The third kappa shape index (κ3) is 3.00. The molecule has 3 nitrogen and oxygen atoms in total. The number of pyridine rings is 1. The smallest absolute Gasteiger partial charge is 0.169 e. The number of aromatic nitrogens is 1. The van der Waals surface area contributed by atoms with E-state index >= 15 is 0 Å². The lowest BCUT2D eigenvalue weighted by Gasteiger charge is -2.18. The van der Waals surface area contributed by atoms with Crippen LogP contribution in [0.2, 0.25) is 0 Å². The Kier molecular flexibility index (Phi) is 4.55. The minimum absolute atomic E-state index is 0.0601. The van der Waals surface area contributed by atoms with Crippen LogP contribution in [-0.2, 0) is 0 Å². The molecule has 0 amide bonds.